The summed E-state index contributed by atoms with van der Waals surface area (Å²) in [7, 11) is 0. The maximum atomic E-state index is 12.0. The molecule has 2 amide bonds. The number of alkyl halides is 3. The zero-order valence-electron chi connectivity index (χ0n) is 10.6. The van der Waals surface area contributed by atoms with Crippen molar-refractivity contribution in [1.29, 1.82) is 0 Å². The molecule has 0 aliphatic heterocycles. The van der Waals surface area contributed by atoms with Gasteiger partial charge < -0.3 is 15.4 Å². The monoisotopic (exact) mass is 316 g/mol. The Balaban J connectivity index is 1.83. The highest BCUT2D eigenvalue weighted by molar-refractivity contribution is 7.09. The number of benzene rings is 1. The van der Waals surface area contributed by atoms with Gasteiger partial charge in [-0.05, 0) is 35.7 Å². The summed E-state index contributed by atoms with van der Waals surface area (Å²) in [6.07, 6.45) is -4.73. The lowest BCUT2D eigenvalue weighted by Crippen LogP contribution is -2.27. The predicted molar refractivity (Wildman–Crippen MR) is 73.3 cm³/mol. The summed E-state index contributed by atoms with van der Waals surface area (Å²) in [4.78, 5) is 12.6. The van der Waals surface area contributed by atoms with Gasteiger partial charge in [0, 0.05) is 10.6 Å². The molecule has 0 saturated heterocycles. The molecule has 4 nitrogen and oxygen atoms in total. The van der Waals surface area contributed by atoms with Crippen LogP contribution in [0.5, 0.6) is 5.75 Å². The minimum Gasteiger partial charge on any atom is -0.406 e. The zero-order valence-corrected chi connectivity index (χ0v) is 11.4. The van der Waals surface area contributed by atoms with E-state index in [4.69, 9.17) is 0 Å². The van der Waals surface area contributed by atoms with Crippen molar-refractivity contribution in [2.45, 2.75) is 12.9 Å². The minimum atomic E-state index is -4.73. The van der Waals surface area contributed by atoms with Crippen molar-refractivity contribution < 1.29 is 22.7 Å². The summed E-state index contributed by atoms with van der Waals surface area (Å²) in [5.74, 6) is -0.341. The van der Waals surface area contributed by atoms with Crippen LogP contribution in [0.3, 0.4) is 0 Å². The van der Waals surface area contributed by atoms with Gasteiger partial charge >= 0.3 is 12.4 Å². The first-order chi connectivity index (χ1) is 9.92. The predicted octanol–water partition coefficient (Wildman–Crippen LogP) is 3.97. The average molecular weight is 316 g/mol. The summed E-state index contributed by atoms with van der Waals surface area (Å²) in [6, 6.07) is 8.23. The molecule has 0 atom stereocenters. The van der Waals surface area contributed by atoms with E-state index >= 15 is 0 Å². The number of hydrogen-bond donors (Lipinski definition) is 2. The van der Waals surface area contributed by atoms with Crippen LogP contribution < -0.4 is 15.4 Å². The first-order valence-electron chi connectivity index (χ1n) is 5.85. The van der Waals surface area contributed by atoms with Gasteiger partial charge in [-0.2, -0.15) is 0 Å². The molecule has 2 aromatic rings. The van der Waals surface area contributed by atoms with Gasteiger partial charge in [0.05, 0.1) is 6.54 Å². The standard InChI is InChI=1S/C13H11F3N2O2S/c14-13(15,16)20-10-5-3-9(4-6-10)18-12(19)17-8-11-2-1-7-21-11/h1-7H,8H2,(H2,17,18,19). The maximum absolute atomic E-state index is 12.0. The van der Waals surface area contributed by atoms with E-state index in [0.717, 1.165) is 17.0 Å². The third-order valence-corrected chi connectivity index (χ3v) is 3.23. The van der Waals surface area contributed by atoms with Gasteiger partial charge in [0.2, 0.25) is 0 Å². The van der Waals surface area contributed by atoms with E-state index in [-0.39, 0.29) is 5.75 Å². The second-order valence-electron chi connectivity index (χ2n) is 3.96. The van der Waals surface area contributed by atoms with Crippen LogP contribution in [0.25, 0.3) is 0 Å². The van der Waals surface area contributed by atoms with Crippen molar-refractivity contribution in [3.63, 3.8) is 0 Å². The molecule has 21 heavy (non-hydrogen) atoms. The quantitative estimate of drug-likeness (QED) is 0.897. The zero-order chi connectivity index (χ0) is 15.3. The van der Waals surface area contributed by atoms with Crippen LogP contribution >= 0.6 is 11.3 Å². The van der Waals surface area contributed by atoms with E-state index in [1.807, 2.05) is 17.5 Å². The second-order valence-corrected chi connectivity index (χ2v) is 4.99. The number of carbonyl (C=O) groups excluding carboxylic acids is 1. The molecule has 112 valence electrons. The Labute approximate surface area is 122 Å². The largest absolute Gasteiger partial charge is 0.573 e. The number of nitrogens with one attached hydrogen (secondary N) is 2. The first kappa shape index (κ1) is 15.2. The summed E-state index contributed by atoms with van der Waals surface area (Å²) in [5, 5.41) is 7.04. The number of amides is 2. The lowest BCUT2D eigenvalue weighted by atomic mass is 10.3. The molecule has 0 fully saturated rings. The highest BCUT2D eigenvalue weighted by Gasteiger charge is 2.30. The molecule has 0 saturated carbocycles. The fourth-order valence-corrected chi connectivity index (χ4v) is 2.14. The third kappa shape index (κ3) is 5.35. The number of hydrogen-bond acceptors (Lipinski definition) is 3. The number of anilines is 1. The molecule has 1 heterocycles. The molecule has 8 heteroatoms. The Bertz CT molecular complexity index is 582. The van der Waals surface area contributed by atoms with Crippen molar-refractivity contribution >= 4 is 23.1 Å². The SMILES string of the molecule is O=C(NCc1cccs1)Nc1ccc(OC(F)(F)F)cc1. The smallest absolute Gasteiger partial charge is 0.406 e. The van der Waals surface area contributed by atoms with Gasteiger partial charge in [-0.25, -0.2) is 4.79 Å². The molecule has 0 unspecified atom stereocenters. The Hall–Kier alpha value is -2.22. The molecule has 1 aromatic carbocycles. The molecule has 2 N–H and O–H groups in total. The number of rotatable bonds is 4. The van der Waals surface area contributed by atoms with E-state index < -0.39 is 12.4 Å². The van der Waals surface area contributed by atoms with E-state index in [1.54, 1.807) is 0 Å². The minimum absolute atomic E-state index is 0.341. The van der Waals surface area contributed by atoms with Crippen molar-refractivity contribution in [3.8, 4) is 5.75 Å². The van der Waals surface area contributed by atoms with Crippen LogP contribution in [0.15, 0.2) is 41.8 Å². The van der Waals surface area contributed by atoms with Gasteiger partial charge in [0.1, 0.15) is 5.75 Å². The molecule has 2 rings (SSSR count). The Morgan fingerprint density at radius 1 is 1.19 bits per heavy atom. The van der Waals surface area contributed by atoms with Crippen molar-refractivity contribution in [2.75, 3.05) is 5.32 Å². The highest BCUT2D eigenvalue weighted by Crippen LogP contribution is 2.23. The number of ether oxygens (including phenoxy) is 1. The second kappa shape index (κ2) is 6.49. The van der Waals surface area contributed by atoms with Crippen LogP contribution in [-0.4, -0.2) is 12.4 Å². The summed E-state index contributed by atoms with van der Waals surface area (Å²) < 4.78 is 39.7. The van der Waals surface area contributed by atoms with Crippen LogP contribution in [0.2, 0.25) is 0 Å². The highest BCUT2D eigenvalue weighted by atomic mass is 32.1. The van der Waals surface area contributed by atoms with Gasteiger partial charge in [0.15, 0.2) is 0 Å². The van der Waals surface area contributed by atoms with Gasteiger partial charge in [0.25, 0.3) is 0 Å². The Kier molecular flexibility index (Phi) is 4.69. The van der Waals surface area contributed by atoms with E-state index in [1.165, 1.54) is 23.5 Å². The summed E-state index contributed by atoms with van der Waals surface area (Å²) >= 11 is 1.51. The van der Waals surface area contributed by atoms with Gasteiger partial charge in [-0.15, -0.1) is 24.5 Å². The molecule has 0 bridgehead atoms. The maximum Gasteiger partial charge on any atom is 0.573 e. The molecular weight excluding hydrogens is 305 g/mol. The molecule has 0 aliphatic carbocycles. The van der Waals surface area contributed by atoms with Crippen molar-refractivity contribution in [3.05, 3.63) is 46.7 Å². The van der Waals surface area contributed by atoms with Crippen LogP contribution in [0.1, 0.15) is 4.88 Å². The first-order valence-corrected chi connectivity index (χ1v) is 6.73. The average Bonchev–Trinajstić information content (AvgIpc) is 2.90. The number of thiophene rings is 1. The molecule has 0 spiro atoms. The van der Waals surface area contributed by atoms with E-state index in [9.17, 15) is 18.0 Å². The number of carbonyl (C=O) groups is 1. The van der Waals surface area contributed by atoms with Crippen LogP contribution in [-0.2, 0) is 6.54 Å². The Morgan fingerprint density at radius 2 is 1.90 bits per heavy atom. The number of urea groups is 1. The van der Waals surface area contributed by atoms with Gasteiger partial charge in [-0.3, -0.25) is 0 Å². The Morgan fingerprint density at radius 3 is 2.48 bits per heavy atom. The van der Waals surface area contributed by atoms with Crippen molar-refractivity contribution in [2.24, 2.45) is 0 Å². The van der Waals surface area contributed by atoms with E-state index in [0.29, 0.717) is 12.2 Å². The molecule has 0 aliphatic rings. The molecular formula is C13H11F3N2O2S. The van der Waals surface area contributed by atoms with Crippen LogP contribution in [0.4, 0.5) is 23.7 Å². The number of halogens is 3. The lowest BCUT2D eigenvalue weighted by Gasteiger charge is -2.10. The fourth-order valence-electron chi connectivity index (χ4n) is 1.50. The topological polar surface area (TPSA) is 50.4 Å². The third-order valence-electron chi connectivity index (χ3n) is 2.35. The lowest BCUT2D eigenvalue weighted by molar-refractivity contribution is -0.274. The van der Waals surface area contributed by atoms with E-state index in [2.05, 4.69) is 15.4 Å². The molecule has 0 radical (unpaired) electrons. The summed E-state index contributed by atoms with van der Waals surface area (Å²) in [5.41, 5.74) is 0.369. The normalized spacial score (nSPS) is 11.0. The van der Waals surface area contributed by atoms with Crippen molar-refractivity contribution in [1.82, 2.24) is 5.32 Å². The molecule has 1 aromatic heterocycles. The fraction of sp³-hybridized carbons (Fsp3) is 0.154. The summed E-state index contributed by atoms with van der Waals surface area (Å²) in [6.45, 7) is 0.388. The van der Waals surface area contributed by atoms with Gasteiger partial charge in [-0.1, -0.05) is 6.07 Å². The van der Waals surface area contributed by atoms with Crippen LogP contribution in [0, 0.1) is 0 Å².